The number of piperidine rings is 1. The van der Waals surface area contributed by atoms with Crippen LogP contribution in [-0.4, -0.2) is 36.5 Å². The minimum absolute atomic E-state index is 0.388. The molecule has 3 nitrogen and oxygen atoms in total. The molecule has 1 aliphatic heterocycles. The fourth-order valence-corrected chi connectivity index (χ4v) is 3.23. The van der Waals surface area contributed by atoms with Gasteiger partial charge in [-0.05, 0) is 32.2 Å². The van der Waals surface area contributed by atoms with Crippen LogP contribution in [0.2, 0.25) is 0 Å². The lowest BCUT2D eigenvalue weighted by Gasteiger charge is -2.34. The molecule has 21 heavy (non-hydrogen) atoms. The Hall–Kier alpha value is -0.570. The van der Waals surface area contributed by atoms with Gasteiger partial charge in [0.15, 0.2) is 0 Å². The molecule has 1 unspecified atom stereocenters. The fourth-order valence-electron chi connectivity index (χ4n) is 3.23. The number of rotatable bonds is 11. The van der Waals surface area contributed by atoms with E-state index in [1.807, 2.05) is 0 Å². The Bertz CT molecular complexity index is 262. The topological polar surface area (TPSA) is 32.3 Å². The lowest BCUT2D eigenvalue weighted by molar-refractivity contribution is -0.134. The van der Waals surface area contributed by atoms with Gasteiger partial charge in [0, 0.05) is 25.6 Å². The second kappa shape index (κ2) is 12.0. The zero-order valence-corrected chi connectivity index (χ0v) is 14.3. The number of hydrogen-bond acceptors (Lipinski definition) is 2. The molecule has 1 amide bonds. The Morgan fingerprint density at radius 2 is 1.76 bits per heavy atom. The summed E-state index contributed by atoms with van der Waals surface area (Å²) in [4.78, 5) is 14.6. The largest absolute Gasteiger partial charge is 0.338 e. The molecule has 3 heteroatoms. The summed E-state index contributed by atoms with van der Waals surface area (Å²) >= 11 is 0. The van der Waals surface area contributed by atoms with Crippen molar-refractivity contribution in [3.05, 3.63) is 0 Å². The first-order chi connectivity index (χ1) is 10.3. The Labute approximate surface area is 131 Å². The zero-order valence-electron chi connectivity index (χ0n) is 14.3. The van der Waals surface area contributed by atoms with Crippen LogP contribution in [0.5, 0.6) is 0 Å². The van der Waals surface area contributed by atoms with Crippen molar-refractivity contribution in [3.8, 4) is 0 Å². The smallest absolute Gasteiger partial charge is 0.222 e. The highest BCUT2D eigenvalue weighted by Crippen LogP contribution is 2.15. The lowest BCUT2D eigenvalue weighted by Crippen LogP contribution is -2.48. The SMILES string of the molecule is CCCCCCCCCC(=O)N(CCC)C1CCCNC1. The third-order valence-electron chi connectivity index (χ3n) is 4.49. The molecule has 0 bridgehead atoms. The predicted molar refractivity (Wildman–Crippen MR) is 90.5 cm³/mol. The van der Waals surface area contributed by atoms with Gasteiger partial charge in [0.2, 0.25) is 5.91 Å². The van der Waals surface area contributed by atoms with Crippen molar-refractivity contribution in [1.29, 1.82) is 0 Å². The molecule has 0 aromatic heterocycles. The highest BCUT2D eigenvalue weighted by Gasteiger charge is 2.23. The molecule has 1 aliphatic rings. The number of nitrogens with zero attached hydrogens (tertiary/aromatic N) is 1. The first-order valence-corrected chi connectivity index (χ1v) is 9.29. The zero-order chi connectivity index (χ0) is 15.3. The van der Waals surface area contributed by atoms with Crippen molar-refractivity contribution >= 4 is 5.91 Å². The summed E-state index contributed by atoms with van der Waals surface area (Å²) in [5.41, 5.74) is 0. The highest BCUT2D eigenvalue weighted by atomic mass is 16.2. The van der Waals surface area contributed by atoms with Crippen molar-refractivity contribution in [3.63, 3.8) is 0 Å². The molecule has 0 aliphatic carbocycles. The van der Waals surface area contributed by atoms with Crippen LogP contribution in [0.1, 0.15) is 84.5 Å². The molecule has 124 valence electrons. The van der Waals surface area contributed by atoms with Gasteiger partial charge in [-0.2, -0.15) is 0 Å². The van der Waals surface area contributed by atoms with Crippen molar-refractivity contribution in [1.82, 2.24) is 10.2 Å². The van der Waals surface area contributed by atoms with Crippen LogP contribution >= 0.6 is 0 Å². The molecule has 1 atom stereocenters. The maximum atomic E-state index is 12.5. The molecule has 0 spiro atoms. The maximum absolute atomic E-state index is 12.5. The second-order valence-corrected chi connectivity index (χ2v) is 6.46. The van der Waals surface area contributed by atoms with E-state index in [-0.39, 0.29) is 0 Å². The van der Waals surface area contributed by atoms with Gasteiger partial charge in [-0.15, -0.1) is 0 Å². The molecule has 0 aromatic rings. The average Bonchev–Trinajstić information content (AvgIpc) is 2.52. The van der Waals surface area contributed by atoms with Gasteiger partial charge < -0.3 is 10.2 Å². The van der Waals surface area contributed by atoms with Gasteiger partial charge in [-0.3, -0.25) is 4.79 Å². The molecule has 1 rings (SSSR count). The summed E-state index contributed by atoms with van der Waals surface area (Å²) < 4.78 is 0. The lowest BCUT2D eigenvalue weighted by atomic mass is 10.0. The summed E-state index contributed by atoms with van der Waals surface area (Å²) in [6.45, 7) is 7.46. The van der Waals surface area contributed by atoms with Crippen LogP contribution < -0.4 is 5.32 Å². The van der Waals surface area contributed by atoms with E-state index in [1.165, 1.54) is 51.4 Å². The summed E-state index contributed by atoms with van der Waals surface area (Å²) in [6, 6.07) is 0.441. The number of carbonyl (C=O) groups is 1. The predicted octanol–water partition coefficient (Wildman–Crippen LogP) is 4.12. The number of hydrogen-bond donors (Lipinski definition) is 1. The van der Waals surface area contributed by atoms with Crippen molar-refractivity contribution < 1.29 is 4.79 Å². The molecule has 0 aromatic carbocycles. The van der Waals surface area contributed by atoms with E-state index in [9.17, 15) is 4.79 Å². The number of amides is 1. The Morgan fingerprint density at radius 1 is 1.05 bits per heavy atom. The summed E-state index contributed by atoms with van der Waals surface area (Å²) in [7, 11) is 0. The van der Waals surface area contributed by atoms with Crippen LogP contribution in [-0.2, 0) is 4.79 Å². The van der Waals surface area contributed by atoms with E-state index in [4.69, 9.17) is 0 Å². The Balaban J connectivity index is 2.19. The molecule has 0 radical (unpaired) electrons. The number of nitrogens with one attached hydrogen (secondary N) is 1. The minimum Gasteiger partial charge on any atom is -0.338 e. The molecular weight excluding hydrogens is 260 g/mol. The van der Waals surface area contributed by atoms with E-state index in [2.05, 4.69) is 24.1 Å². The van der Waals surface area contributed by atoms with E-state index < -0.39 is 0 Å². The van der Waals surface area contributed by atoms with E-state index >= 15 is 0 Å². The molecule has 1 saturated heterocycles. The van der Waals surface area contributed by atoms with E-state index in [1.54, 1.807) is 0 Å². The second-order valence-electron chi connectivity index (χ2n) is 6.46. The fraction of sp³-hybridized carbons (Fsp3) is 0.944. The van der Waals surface area contributed by atoms with Crippen molar-refractivity contribution in [2.45, 2.75) is 90.5 Å². The van der Waals surface area contributed by atoms with E-state index in [0.29, 0.717) is 11.9 Å². The number of carbonyl (C=O) groups excluding carboxylic acids is 1. The monoisotopic (exact) mass is 296 g/mol. The Morgan fingerprint density at radius 3 is 2.38 bits per heavy atom. The third-order valence-corrected chi connectivity index (χ3v) is 4.49. The summed E-state index contributed by atoms with van der Waals surface area (Å²) in [5, 5.41) is 3.43. The van der Waals surface area contributed by atoms with Crippen LogP contribution in [0.3, 0.4) is 0 Å². The third kappa shape index (κ3) is 7.85. The molecule has 1 N–H and O–H groups in total. The minimum atomic E-state index is 0.388. The molecule has 1 fully saturated rings. The van der Waals surface area contributed by atoms with Gasteiger partial charge in [-0.1, -0.05) is 52.4 Å². The van der Waals surface area contributed by atoms with Crippen LogP contribution in [0, 0.1) is 0 Å². The van der Waals surface area contributed by atoms with E-state index in [0.717, 1.165) is 38.9 Å². The van der Waals surface area contributed by atoms with Gasteiger partial charge >= 0.3 is 0 Å². The van der Waals surface area contributed by atoms with Crippen LogP contribution in [0.4, 0.5) is 0 Å². The maximum Gasteiger partial charge on any atom is 0.222 e. The van der Waals surface area contributed by atoms with Crippen LogP contribution in [0.25, 0.3) is 0 Å². The highest BCUT2D eigenvalue weighted by molar-refractivity contribution is 5.76. The normalized spacial score (nSPS) is 18.7. The van der Waals surface area contributed by atoms with Crippen molar-refractivity contribution in [2.75, 3.05) is 19.6 Å². The van der Waals surface area contributed by atoms with Crippen LogP contribution in [0.15, 0.2) is 0 Å². The van der Waals surface area contributed by atoms with Gasteiger partial charge in [0.1, 0.15) is 0 Å². The van der Waals surface area contributed by atoms with Gasteiger partial charge in [0.25, 0.3) is 0 Å². The standard InChI is InChI=1S/C18H36N2O/c1-3-5-6-7-8-9-10-13-18(21)20(15-4-2)17-12-11-14-19-16-17/h17,19H,3-16H2,1-2H3. The van der Waals surface area contributed by atoms with Crippen molar-refractivity contribution in [2.24, 2.45) is 0 Å². The van der Waals surface area contributed by atoms with Gasteiger partial charge in [-0.25, -0.2) is 0 Å². The molecule has 1 heterocycles. The summed E-state index contributed by atoms with van der Waals surface area (Å²) in [5.74, 6) is 0.388. The van der Waals surface area contributed by atoms with Gasteiger partial charge in [0.05, 0.1) is 0 Å². The Kier molecular flexibility index (Phi) is 10.6. The first kappa shape index (κ1) is 18.5. The average molecular weight is 296 g/mol. The quantitative estimate of drug-likeness (QED) is 0.582. The number of unbranched alkanes of at least 4 members (excludes halogenated alkanes) is 6. The molecular formula is C18H36N2O. The molecule has 0 saturated carbocycles. The summed E-state index contributed by atoms with van der Waals surface area (Å²) in [6.07, 6.45) is 13.2. The first-order valence-electron chi connectivity index (χ1n) is 9.29.